The maximum atomic E-state index is 13.1. The van der Waals surface area contributed by atoms with Crippen molar-refractivity contribution in [2.24, 2.45) is 0 Å². The summed E-state index contributed by atoms with van der Waals surface area (Å²) in [5.74, 6) is -0.0349. The Morgan fingerprint density at radius 3 is 2.71 bits per heavy atom. The van der Waals surface area contributed by atoms with Crippen LogP contribution in [0.25, 0.3) is 0 Å². The van der Waals surface area contributed by atoms with Crippen molar-refractivity contribution in [3.8, 4) is 0 Å². The fourth-order valence-corrected chi connectivity index (χ4v) is 3.58. The van der Waals surface area contributed by atoms with Crippen LogP contribution in [0.15, 0.2) is 36.9 Å². The van der Waals surface area contributed by atoms with Gasteiger partial charge in [0.15, 0.2) is 0 Å². The Labute approximate surface area is 143 Å². The summed E-state index contributed by atoms with van der Waals surface area (Å²) in [6.07, 6.45) is 8.27. The molecule has 1 fully saturated rings. The van der Waals surface area contributed by atoms with Gasteiger partial charge in [-0.2, -0.15) is 0 Å². The molecule has 1 amide bonds. The van der Waals surface area contributed by atoms with Crippen LogP contribution < -0.4 is 0 Å². The number of amides is 1. The van der Waals surface area contributed by atoms with E-state index in [1.165, 1.54) is 29.4 Å². The van der Waals surface area contributed by atoms with Gasteiger partial charge in [0.1, 0.15) is 6.33 Å². The molecule has 0 aliphatic carbocycles. The van der Waals surface area contributed by atoms with E-state index in [0.717, 1.165) is 24.9 Å². The Morgan fingerprint density at radius 1 is 1.21 bits per heavy atom. The number of hydrogen-bond acceptors (Lipinski definition) is 3. The van der Waals surface area contributed by atoms with Gasteiger partial charge in [-0.15, -0.1) is 0 Å². The molecule has 1 aromatic carbocycles. The largest absolute Gasteiger partial charge is 0.335 e. The highest BCUT2D eigenvalue weighted by Gasteiger charge is 2.32. The summed E-state index contributed by atoms with van der Waals surface area (Å²) in [4.78, 5) is 23.3. The minimum Gasteiger partial charge on any atom is -0.335 e. The predicted molar refractivity (Wildman–Crippen MR) is 94.7 cm³/mol. The summed E-state index contributed by atoms with van der Waals surface area (Å²) < 4.78 is 0. The normalized spacial score (nSPS) is 19.1. The molecule has 2 aromatic rings. The average molecular weight is 323 g/mol. The van der Waals surface area contributed by atoms with Gasteiger partial charge in [0.25, 0.3) is 0 Å². The molecule has 126 valence electrons. The Morgan fingerprint density at radius 2 is 1.96 bits per heavy atom. The first-order valence-corrected chi connectivity index (χ1v) is 8.71. The van der Waals surface area contributed by atoms with Crippen molar-refractivity contribution in [1.82, 2.24) is 14.9 Å². The van der Waals surface area contributed by atoms with Crippen LogP contribution in [0.3, 0.4) is 0 Å². The number of carbonyl (C=O) groups is 1. The lowest BCUT2D eigenvalue weighted by molar-refractivity contribution is -0.136. The lowest BCUT2D eigenvalue weighted by Gasteiger charge is -2.38. The van der Waals surface area contributed by atoms with Gasteiger partial charge in [0.05, 0.1) is 12.0 Å². The summed E-state index contributed by atoms with van der Waals surface area (Å²) in [6.45, 7) is 7.08. The zero-order chi connectivity index (χ0) is 17.1. The zero-order valence-electron chi connectivity index (χ0n) is 14.7. The van der Waals surface area contributed by atoms with Gasteiger partial charge in [-0.05, 0) is 56.7 Å². The van der Waals surface area contributed by atoms with Crippen molar-refractivity contribution in [3.05, 3.63) is 59.2 Å². The van der Waals surface area contributed by atoms with Crippen LogP contribution in [-0.2, 0) is 4.79 Å². The number of nitrogens with zero attached hydrogens (tertiary/aromatic N) is 3. The molecule has 0 bridgehead atoms. The molecular formula is C20H25N3O. The third-order valence-electron chi connectivity index (χ3n) is 5.24. The lowest BCUT2D eigenvalue weighted by Crippen LogP contribution is -2.41. The van der Waals surface area contributed by atoms with Gasteiger partial charge in [0.2, 0.25) is 5.91 Å². The highest BCUT2D eigenvalue weighted by molar-refractivity contribution is 5.83. The van der Waals surface area contributed by atoms with Crippen molar-refractivity contribution in [3.63, 3.8) is 0 Å². The quantitative estimate of drug-likeness (QED) is 0.859. The molecule has 1 aliphatic rings. The molecule has 1 saturated heterocycles. The summed E-state index contributed by atoms with van der Waals surface area (Å²) in [5.41, 5.74) is 4.76. The van der Waals surface area contributed by atoms with Crippen LogP contribution in [-0.4, -0.2) is 27.3 Å². The number of hydrogen-bond donors (Lipinski definition) is 0. The second-order valence-corrected chi connectivity index (χ2v) is 6.73. The lowest BCUT2D eigenvalue weighted by atomic mass is 9.89. The van der Waals surface area contributed by atoms with E-state index in [9.17, 15) is 4.79 Å². The third-order valence-corrected chi connectivity index (χ3v) is 5.24. The number of carbonyl (C=O) groups excluding carboxylic acids is 1. The molecule has 4 heteroatoms. The van der Waals surface area contributed by atoms with Gasteiger partial charge in [-0.3, -0.25) is 4.79 Å². The fourth-order valence-electron chi connectivity index (χ4n) is 3.58. The van der Waals surface area contributed by atoms with Gasteiger partial charge < -0.3 is 4.90 Å². The molecule has 2 atom stereocenters. The third kappa shape index (κ3) is 3.18. The Kier molecular flexibility index (Phi) is 4.93. The van der Waals surface area contributed by atoms with Crippen molar-refractivity contribution in [2.45, 2.75) is 52.0 Å². The number of piperidine rings is 1. The first-order chi connectivity index (χ1) is 11.6. The molecule has 0 N–H and O–H groups in total. The van der Waals surface area contributed by atoms with Crippen LogP contribution >= 0.6 is 0 Å². The van der Waals surface area contributed by atoms with E-state index in [2.05, 4.69) is 46.9 Å². The molecule has 1 aliphatic heterocycles. The van der Waals surface area contributed by atoms with Crippen LogP contribution in [0.2, 0.25) is 0 Å². The number of rotatable bonds is 3. The topological polar surface area (TPSA) is 46.1 Å². The minimum absolute atomic E-state index is 0.176. The molecule has 4 nitrogen and oxygen atoms in total. The van der Waals surface area contributed by atoms with Crippen molar-refractivity contribution in [2.75, 3.05) is 6.54 Å². The van der Waals surface area contributed by atoms with Crippen LogP contribution in [0, 0.1) is 13.8 Å². The zero-order valence-corrected chi connectivity index (χ0v) is 14.7. The Bertz CT molecular complexity index is 714. The SMILES string of the molecule is Cc1cccc([C@@H]2CCCCN2C(=O)[C@@H](C)c2cncnc2)c1C. The molecule has 0 unspecified atom stereocenters. The Balaban J connectivity index is 1.89. The standard InChI is InChI=1S/C20H25N3O/c1-14-7-6-8-18(15(14)2)19-9-4-5-10-23(19)20(24)16(3)17-11-21-13-22-12-17/h6-8,11-13,16,19H,4-5,9-10H2,1-3H3/t16-,19-/m0/s1. The van der Waals surface area contributed by atoms with Crippen molar-refractivity contribution < 1.29 is 4.79 Å². The van der Waals surface area contributed by atoms with Gasteiger partial charge in [-0.1, -0.05) is 18.2 Å². The molecule has 0 spiro atoms. The second-order valence-electron chi connectivity index (χ2n) is 6.73. The highest BCUT2D eigenvalue weighted by Crippen LogP contribution is 2.35. The number of likely N-dealkylation sites (tertiary alicyclic amines) is 1. The van der Waals surface area contributed by atoms with Crippen molar-refractivity contribution in [1.29, 1.82) is 0 Å². The molecule has 0 radical (unpaired) electrons. The smallest absolute Gasteiger partial charge is 0.230 e. The monoisotopic (exact) mass is 323 g/mol. The summed E-state index contributed by atoms with van der Waals surface area (Å²) in [7, 11) is 0. The van der Waals surface area contributed by atoms with E-state index >= 15 is 0 Å². The van der Waals surface area contributed by atoms with Crippen LogP contribution in [0.4, 0.5) is 0 Å². The van der Waals surface area contributed by atoms with E-state index in [4.69, 9.17) is 0 Å². The van der Waals surface area contributed by atoms with E-state index in [1.54, 1.807) is 12.4 Å². The molecule has 0 saturated carbocycles. The van der Waals surface area contributed by atoms with Crippen molar-refractivity contribution >= 4 is 5.91 Å². The van der Waals surface area contributed by atoms with E-state index in [0.29, 0.717) is 0 Å². The number of aromatic nitrogens is 2. The minimum atomic E-state index is -0.211. The molecule has 3 rings (SSSR count). The maximum Gasteiger partial charge on any atom is 0.230 e. The first kappa shape index (κ1) is 16.6. The molecule has 2 heterocycles. The molecular weight excluding hydrogens is 298 g/mol. The molecule has 1 aromatic heterocycles. The van der Waals surface area contributed by atoms with Gasteiger partial charge in [-0.25, -0.2) is 9.97 Å². The number of aryl methyl sites for hydroxylation is 1. The van der Waals surface area contributed by atoms with Gasteiger partial charge in [0, 0.05) is 24.5 Å². The summed E-state index contributed by atoms with van der Waals surface area (Å²) in [5, 5.41) is 0. The maximum absolute atomic E-state index is 13.1. The Hall–Kier alpha value is -2.23. The van der Waals surface area contributed by atoms with E-state index in [1.807, 2.05) is 6.92 Å². The highest BCUT2D eigenvalue weighted by atomic mass is 16.2. The van der Waals surface area contributed by atoms with E-state index in [-0.39, 0.29) is 17.9 Å². The predicted octanol–water partition coefficient (Wildman–Crippen LogP) is 3.95. The van der Waals surface area contributed by atoms with Gasteiger partial charge >= 0.3 is 0 Å². The first-order valence-electron chi connectivity index (χ1n) is 8.71. The molecule has 24 heavy (non-hydrogen) atoms. The average Bonchev–Trinajstić information content (AvgIpc) is 2.63. The summed E-state index contributed by atoms with van der Waals surface area (Å²) in [6, 6.07) is 6.59. The summed E-state index contributed by atoms with van der Waals surface area (Å²) >= 11 is 0. The van der Waals surface area contributed by atoms with Crippen LogP contribution in [0.1, 0.15) is 60.4 Å². The number of benzene rings is 1. The van der Waals surface area contributed by atoms with E-state index < -0.39 is 0 Å². The van der Waals surface area contributed by atoms with Crippen LogP contribution in [0.5, 0.6) is 0 Å². The fraction of sp³-hybridized carbons (Fsp3) is 0.450. The second kappa shape index (κ2) is 7.12.